The molecule has 0 saturated heterocycles. The first-order valence-corrected chi connectivity index (χ1v) is 9.05. The van der Waals surface area contributed by atoms with E-state index >= 15 is 0 Å². The van der Waals surface area contributed by atoms with Gasteiger partial charge in [0, 0.05) is 11.9 Å². The molecular weight excluding hydrogens is 254 g/mol. The second-order valence-electron chi connectivity index (χ2n) is 6.87. The van der Waals surface area contributed by atoms with Crippen LogP contribution in [0.15, 0.2) is 18.3 Å². The molecule has 0 N–H and O–H groups in total. The number of aryl methyl sites for hydroxylation is 1. The Labute approximate surface area is 132 Å². The lowest BCUT2D eigenvalue weighted by Gasteiger charge is -2.30. The van der Waals surface area contributed by atoms with E-state index < -0.39 is 0 Å². The highest BCUT2D eigenvalue weighted by Gasteiger charge is 2.25. The van der Waals surface area contributed by atoms with E-state index in [2.05, 4.69) is 51.0 Å². The summed E-state index contributed by atoms with van der Waals surface area (Å²) in [6, 6.07) is 4.48. The molecule has 1 atom stereocenters. The Kier molecular flexibility index (Phi) is 8.64. The standard InChI is InChI=1S/C20H35N/c1-5-7-9-10-12-16-20(4,15-11-8-6-2)19-14-13-18(3)21-17-19/h13-14,17H,5-12,15-16H2,1-4H3. The molecule has 1 unspecified atom stereocenters. The smallest absolute Gasteiger partial charge is 0.0372 e. The third-order valence-electron chi connectivity index (χ3n) is 4.77. The fraction of sp³-hybridized carbons (Fsp3) is 0.750. The molecule has 0 aliphatic carbocycles. The van der Waals surface area contributed by atoms with Crippen molar-refractivity contribution in [2.45, 2.75) is 97.3 Å². The SMILES string of the molecule is CCCCCCCC(C)(CCCCC)c1ccc(C)nc1. The Morgan fingerprint density at radius 1 is 0.857 bits per heavy atom. The predicted octanol–water partition coefficient (Wildman–Crippen LogP) is 6.59. The van der Waals surface area contributed by atoms with Crippen LogP contribution in [-0.4, -0.2) is 4.98 Å². The lowest BCUT2D eigenvalue weighted by atomic mass is 9.75. The van der Waals surface area contributed by atoms with Gasteiger partial charge in [-0.25, -0.2) is 0 Å². The van der Waals surface area contributed by atoms with E-state index in [1.807, 2.05) is 0 Å². The van der Waals surface area contributed by atoms with E-state index in [0.29, 0.717) is 5.41 Å². The van der Waals surface area contributed by atoms with Crippen LogP contribution >= 0.6 is 0 Å². The molecule has 1 nitrogen and oxygen atoms in total. The quantitative estimate of drug-likeness (QED) is 0.419. The minimum Gasteiger partial charge on any atom is -0.261 e. The summed E-state index contributed by atoms with van der Waals surface area (Å²) >= 11 is 0. The minimum atomic E-state index is 0.322. The van der Waals surface area contributed by atoms with E-state index in [1.165, 1.54) is 69.8 Å². The lowest BCUT2D eigenvalue weighted by Crippen LogP contribution is -2.22. The Balaban J connectivity index is 2.62. The van der Waals surface area contributed by atoms with Crippen molar-refractivity contribution in [3.8, 4) is 0 Å². The third kappa shape index (κ3) is 6.63. The Hall–Kier alpha value is -0.850. The van der Waals surface area contributed by atoms with Gasteiger partial charge in [0.25, 0.3) is 0 Å². The zero-order valence-electron chi connectivity index (χ0n) is 14.8. The Morgan fingerprint density at radius 2 is 1.43 bits per heavy atom. The van der Waals surface area contributed by atoms with Crippen LogP contribution in [0.25, 0.3) is 0 Å². The molecular formula is C20H35N. The van der Waals surface area contributed by atoms with Gasteiger partial charge < -0.3 is 0 Å². The maximum atomic E-state index is 4.53. The van der Waals surface area contributed by atoms with Gasteiger partial charge in [0.05, 0.1) is 0 Å². The number of nitrogens with zero attached hydrogens (tertiary/aromatic N) is 1. The van der Waals surface area contributed by atoms with E-state index in [9.17, 15) is 0 Å². The van der Waals surface area contributed by atoms with Gasteiger partial charge in [0.2, 0.25) is 0 Å². The zero-order chi connectivity index (χ0) is 15.6. The molecule has 0 spiro atoms. The van der Waals surface area contributed by atoms with Crippen LogP contribution in [0, 0.1) is 6.92 Å². The van der Waals surface area contributed by atoms with Crippen molar-refractivity contribution < 1.29 is 0 Å². The number of rotatable bonds is 11. The molecule has 0 saturated carbocycles. The summed E-state index contributed by atoms with van der Waals surface area (Å²) < 4.78 is 0. The monoisotopic (exact) mass is 289 g/mol. The second kappa shape index (κ2) is 9.97. The number of unbranched alkanes of at least 4 members (excludes halogenated alkanes) is 6. The van der Waals surface area contributed by atoms with Crippen LogP contribution in [0.5, 0.6) is 0 Å². The van der Waals surface area contributed by atoms with Crippen molar-refractivity contribution in [2.24, 2.45) is 0 Å². The fourth-order valence-electron chi connectivity index (χ4n) is 3.12. The number of aromatic nitrogens is 1. The average Bonchev–Trinajstić information content (AvgIpc) is 2.48. The molecule has 0 aliphatic rings. The topological polar surface area (TPSA) is 12.9 Å². The summed E-state index contributed by atoms with van der Waals surface area (Å²) in [5.41, 5.74) is 2.89. The minimum absolute atomic E-state index is 0.322. The van der Waals surface area contributed by atoms with Crippen LogP contribution in [0.2, 0.25) is 0 Å². The van der Waals surface area contributed by atoms with E-state index in [1.54, 1.807) is 0 Å². The van der Waals surface area contributed by atoms with Crippen molar-refractivity contribution in [1.29, 1.82) is 0 Å². The molecule has 0 radical (unpaired) electrons. The third-order valence-corrected chi connectivity index (χ3v) is 4.77. The normalized spacial score (nSPS) is 14.1. The van der Waals surface area contributed by atoms with Crippen molar-refractivity contribution in [3.05, 3.63) is 29.6 Å². The van der Waals surface area contributed by atoms with Gasteiger partial charge in [-0.15, -0.1) is 0 Å². The molecule has 1 rings (SSSR count). The van der Waals surface area contributed by atoms with E-state index in [4.69, 9.17) is 0 Å². The van der Waals surface area contributed by atoms with Gasteiger partial charge in [-0.05, 0) is 36.8 Å². The number of hydrogen-bond donors (Lipinski definition) is 0. The molecule has 21 heavy (non-hydrogen) atoms. The highest BCUT2D eigenvalue weighted by molar-refractivity contribution is 5.22. The van der Waals surface area contributed by atoms with Gasteiger partial charge in [-0.1, -0.05) is 78.2 Å². The first-order chi connectivity index (χ1) is 10.1. The molecule has 0 amide bonds. The fourth-order valence-corrected chi connectivity index (χ4v) is 3.12. The van der Waals surface area contributed by atoms with Gasteiger partial charge >= 0.3 is 0 Å². The maximum Gasteiger partial charge on any atom is 0.0372 e. The highest BCUT2D eigenvalue weighted by atomic mass is 14.7. The van der Waals surface area contributed by atoms with Gasteiger partial charge in [0.15, 0.2) is 0 Å². The molecule has 1 heteroatoms. The summed E-state index contributed by atoms with van der Waals surface area (Å²) in [5, 5.41) is 0. The Morgan fingerprint density at radius 3 is 2.00 bits per heavy atom. The van der Waals surface area contributed by atoms with Crippen LogP contribution in [0.4, 0.5) is 0 Å². The van der Waals surface area contributed by atoms with Crippen molar-refractivity contribution in [1.82, 2.24) is 4.98 Å². The zero-order valence-corrected chi connectivity index (χ0v) is 14.8. The van der Waals surface area contributed by atoms with Gasteiger partial charge in [0.1, 0.15) is 0 Å². The summed E-state index contributed by atoms with van der Waals surface area (Å²) in [5.74, 6) is 0. The van der Waals surface area contributed by atoms with Crippen molar-refractivity contribution in [3.63, 3.8) is 0 Å². The molecule has 0 aromatic carbocycles. The van der Waals surface area contributed by atoms with E-state index in [0.717, 1.165) is 5.69 Å². The average molecular weight is 290 g/mol. The van der Waals surface area contributed by atoms with Crippen LogP contribution in [0.1, 0.15) is 96.2 Å². The molecule has 0 bridgehead atoms. The van der Waals surface area contributed by atoms with E-state index in [-0.39, 0.29) is 0 Å². The first-order valence-electron chi connectivity index (χ1n) is 9.05. The van der Waals surface area contributed by atoms with Crippen molar-refractivity contribution in [2.75, 3.05) is 0 Å². The second-order valence-corrected chi connectivity index (χ2v) is 6.87. The lowest BCUT2D eigenvalue weighted by molar-refractivity contribution is 0.364. The van der Waals surface area contributed by atoms with Crippen LogP contribution in [0.3, 0.4) is 0 Å². The largest absolute Gasteiger partial charge is 0.261 e. The maximum absolute atomic E-state index is 4.53. The molecule has 1 aromatic heterocycles. The summed E-state index contributed by atoms with van der Waals surface area (Å²) in [6.45, 7) is 9.10. The van der Waals surface area contributed by atoms with Crippen LogP contribution in [-0.2, 0) is 5.41 Å². The molecule has 1 aromatic rings. The van der Waals surface area contributed by atoms with Gasteiger partial charge in [-0.3, -0.25) is 4.98 Å². The summed E-state index contributed by atoms with van der Waals surface area (Å²) in [4.78, 5) is 4.53. The molecule has 0 fully saturated rings. The molecule has 1 heterocycles. The van der Waals surface area contributed by atoms with Crippen molar-refractivity contribution >= 4 is 0 Å². The number of pyridine rings is 1. The summed E-state index contributed by atoms with van der Waals surface area (Å²) in [6.07, 6.45) is 15.6. The van der Waals surface area contributed by atoms with Crippen LogP contribution < -0.4 is 0 Å². The Bertz CT molecular complexity index is 368. The molecule has 120 valence electrons. The number of hydrogen-bond acceptors (Lipinski definition) is 1. The highest BCUT2D eigenvalue weighted by Crippen LogP contribution is 2.35. The summed E-state index contributed by atoms with van der Waals surface area (Å²) in [7, 11) is 0. The predicted molar refractivity (Wildman–Crippen MR) is 93.8 cm³/mol. The first kappa shape index (κ1) is 18.2. The molecule has 0 aliphatic heterocycles. The van der Waals surface area contributed by atoms with Gasteiger partial charge in [-0.2, -0.15) is 0 Å².